The molecule has 0 aliphatic carbocycles. The fraction of sp³-hybridized carbons (Fsp3) is 0.300. The van der Waals surface area contributed by atoms with Gasteiger partial charge in [-0.25, -0.2) is 9.38 Å². The van der Waals surface area contributed by atoms with E-state index in [9.17, 15) is 4.39 Å². The molecule has 0 saturated carbocycles. The summed E-state index contributed by atoms with van der Waals surface area (Å²) in [7, 11) is 0. The van der Waals surface area contributed by atoms with E-state index in [-0.39, 0.29) is 12.6 Å². The molecule has 4 N–H and O–H groups in total. The highest BCUT2D eigenvalue weighted by Crippen LogP contribution is 2.26. The standard InChI is InChI=1S/C10H13BrFN3O/c11-8-5-7(6-15-10(13)14)1-2-9(8)16-4-3-12/h1-2,5H,3-4,6H2,(H4,13,14,15). The van der Waals surface area contributed by atoms with Gasteiger partial charge >= 0.3 is 0 Å². The van der Waals surface area contributed by atoms with E-state index in [1.807, 2.05) is 12.1 Å². The molecule has 16 heavy (non-hydrogen) atoms. The Kier molecular flexibility index (Phi) is 5.04. The Labute approximate surface area is 102 Å². The summed E-state index contributed by atoms with van der Waals surface area (Å²) in [5.41, 5.74) is 11.4. The van der Waals surface area contributed by atoms with Crippen molar-refractivity contribution in [2.75, 3.05) is 13.3 Å². The molecule has 1 rings (SSSR count). The molecule has 0 unspecified atom stereocenters. The van der Waals surface area contributed by atoms with Crippen LogP contribution in [0.3, 0.4) is 0 Å². The Morgan fingerprint density at radius 2 is 2.19 bits per heavy atom. The summed E-state index contributed by atoms with van der Waals surface area (Å²) >= 11 is 3.33. The number of nitrogens with zero attached hydrogens (tertiary/aromatic N) is 1. The Morgan fingerprint density at radius 3 is 2.75 bits per heavy atom. The van der Waals surface area contributed by atoms with Gasteiger partial charge in [0.2, 0.25) is 0 Å². The molecule has 0 atom stereocenters. The van der Waals surface area contributed by atoms with Crippen molar-refractivity contribution in [2.24, 2.45) is 16.5 Å². The number of alkyl halides is 1. The van der Waals surface area contributed by atoms with E-state index in [4.69, 9.17) is 16.2 Å². The van der Waals surface area contributed by atoms with Crippen LogP contribution in [0.2, 0.25) is 0 Å². The number of nitrogens with two attached hydrogens (primary N) is 2. The molecular formula is C10H13BrFN3O. The van der Waals surface area contributed by atoms with E-state index in [1.165, 1.54) is 0 Å². The van der Waals surface area contributed by atoms with Crippen molar-refractivity contribution in [3.63, 3.8) is 0 Å². The molecular weight excluding hydrogens is 277 g/mol. The third-order valence-electron chi connectivity index (χ3n) is 1.78. The Morgan fingerprint density at radius 1 is 1.44 bits per heavy atom. The molecule has 0 heterocycles. The summed E-state index contributed by atoms with van der Waals surface area (Å²) in [5, 5.41) is 0. The van der Waals surface area contributed by atoms with Crippen molar-refractivity contribution in [3.8, 4) is 5.75 Å². The van der Waals surface area contributed by atoms with Gasteiger partial charge in [0.05, 0.1) is 11.0 Å². The van der Waals surface area contributed by atoms with Gasteiger partial charge < -0.3 is 16.2 Å². The first-order chi connectivity index (χ1) is 7.63. The molecule has 0 fully saturated rings. The monoisotopic (exact) mass is 289 g/mol. The van der Waals surface area contributed by atoms with E-state index >= 15 is 0 Å². The molecule has 0 aliphatic heterocycles. The van der Waals surface area contributed by atoms with Gasteiger partial charge in [-0.1, -0.05) is 6.07 Å². The summed E-state index contributed by atoms with van der Waals surface area (Å²) in [6.07, 6.45) is 0. The molecule has 0 aromatic heterocycles. The number of hydrogen-bond acceptors (Lipinski definition) is 2. The lowest BCUT2D eigenvalue weighted by Gasteiger charge is -2.07. The van der Waals surface area contributed by atoms with E-state index in [2.05, 4.69) is 20.9 Å². The molecule has 1 aromatic carbocycles. The van der Waals surface area contributed by atoms with E-state index in [1.54, 1.807) is 6.07 Å². The average molecular weight is 290 g/mol. The van der Waals surface area contributed by atoms with Crippen molar-refractivity contribution in [2.45, 2.75) is 6.54 Å². The molecule has 0 bridgehead atoms. The highest BCUT2D eigenvalue weighted by atomic mass is 79.9. The maximum absolute atomic E-state index is 11.9. The number of rotatable bonds is 5. The number of hydrogen-bond donors (Lipinski definition) is 2. The summed E-state index contributed by atoms with van der Waals surface area (Å²) in [6.45, 7) is -0.0572. The highest BCUT2D eigenvalue weighted by molar-refractivity contribution is 9.10. The first-order valence-corrected chi connectivity index (χ1v) is 5.45. The minimum Gasteiger partial charge on any atom is -0.490 e. The van der Waals surface area contributed by atoms with Crippen molar-refractivity contribution < 1.29 is 9.13 Å². The van der Waals surface area contributed by atoms with Crippen molar-refractivity contribution in [1.29, 1.82) is 0 Å². The molecule has 0 saturated heterocycles. The average Bonchev–Trinajstić information content (AvgIpc) is 2.25. The lowest BCUT2D eigenvalue weighted by molar-refractivity contribution is 0.272. The van der Waals surface area contributed by atoms with E-state index in [0.29, 0.717) is 12.3 Å². The molecule has 0 amide bonds. The minimum absolute atomic E-state index is 0.0475. The first-order valence-electron chi connectivity index (χ1n) is 4.66. The maximum Gasteiger partial charge on any atom is 0.186 e. The second-order valence-corrected chi connectivity index (χ2v) is 3.90. The normalized spacial score (nSPS) is 9.88. The largest absolute Gasteiger partial charge is 0.490 e. The van der Waals surface area contributed by atoms with Crippen LogP contribution in [0.25, 0.3) is 0 Å². The van der Waals surface area contributed by atoms with Crippen molar-refractivity contribution in [1.82, 2.24) is 0 Å². The number of benzene rings is 1. The van der Waals surface area contributed by atoms with Gasteiger partial charge in [0.1, 0.15) is 19.0 Å². The maximum atomic E-state index is 11.9. The van der Waals surface area contributed by atoms with Gasteiger partial charge in [-0.05, 0) is 33.6 Å². The number of guanidine groups is 1. The van der Waals surface area contributed by atoms with Crippen LogP contribution in [0.1, 0.15) is 5.56 Å². The van der Waals surface area contributed by atoms with E-state index in [0.717, 1.165) is 10.0 Å². The van der Waals surface area contributed by atoms with Crippen LogP contribution in [0, 0.1) is 0 Å². The molecule has 4 nitrogen and oxygen atoms in total. The van der Waals surface area contributed by atoms with E-state index < -0.39 is 6.67 Å². The fourth-order valence-corrected chi connectivity index (χ4v) is 1.63. The van der Waals surface area contributed by atoms with Crippen LogP contribution in [0.15, 0.2) is 27.7 Å². The van der Waals surface area contributed by atoms with Gasteiger partial charge in [-0.15, -0.1) is 0 Å². The van der Waals surface area contributed by atoms with Crippen LogP contribution in [-0.2, 0) is 6.54 Å². The summed E-state index contributed by atoms with van der Waals surface area (Å²) in [5.74, 6) is 0.653. The molecule has 0 radical (unpaired) electrons. The van der Waals surface area contributed by atoms with Crippen molar-refractivity contribution in [3.05, 3.63) is 28.2 Å². The lowest BCUT2D eigenvalue weighted by Crippen LogP contribution is -2.22. The third-order valence-corrected chi connectivity index (χ3v) is 2.39. The summed E-state index contributed by atoms with van der Waals surface area (Å²) < 4.78 is 17.8. The topological polar surface area (TPSA) is 73.6 Å². The van der Waals surface area contributed by atoms with Gasteiger partial charge in [0.15, 0.2) is 5.96 Å². The second kappa shape index (κ2) is 6.32. The molecule has 0 spiro atoms. The Hall–Kier alpha value is -1.30. The van der Waals surface area contributed by atoms with Crippen LogP contribution < -0.4 is 16.2 Å². The predicted molar refractivity (Wildman–Crippen MR) is 65.1 cm³/mol. The molecule has 6 heteroatoms. The van der Waals surface area contributed by atoms with Gasteiger partial charge in [0, 0.05) is 0 Å². The molecule has 0 aliphatic rings. The third kappa shape index (κ3) is 4.06. The van der Waals surface area contributed by atoms with Gasteiger partial charge in [-0.2, -0.15) is 0 Å². The number of aliphatic imine (C=N–C) groups is 1. The smallest absolute Gasteiger partial charge is 0.186 e. The van der Waals surface area contributed by atoms with Crippen LogP contribution in [0.5, 0.6) is 5.75 Å². The zero-order valence-corrected chi connectivity index (χ0v) is 10.2. The van der Waals surface area contributed by atoms with Gasteiger partial charge in [-0.3, -0.25) is 0 Å². The quantitative estimate of drug-likeness (QED) is 0.638. The second-order valence-electron chi connectivity index (χ2n) is 3.04. The lowest BCUT2D eigenvalue weighted by atomic mass is 10.2. The molecule has 88 valence electrons. The van der Waals surface area contributed by atoms with Gasteiger partial charge in [0.25, 0.3) is 0 Å². The molecule has 1 aromatic rings. The number of ether oxygens (including phenoxy) is 1. The Bertz CT molecular complexity index is 380. The fourth-order valence-electron chi connectivity index (χ4n) is 1.09. The predicted octanol–water partition coefficient (Wildman–Crippen LogP) is 1.57. The first kappa shape index (κ1) is 12.8. The van der Waals surface area contributed by atoms with Crippen LogP contribution in [-0.4, -0.2) is 19.2 Å². The zero-order chi connectivity index (χ0) is 12.0. The highest BCUT2D eigenvalue weighted by Gasteiger charge is 2.02. The summed E-state index contributed by atoms with van der Waals surface area (Å²) in [4.78, 5) is 3.88. The Balaban J connectivity index is 2.70. The summed E-state index contributed by atoms with van der Waals surface area (Å²) in [6, 6.07) is 5.40. The SMILES string of the molecule is NC(N)=NCc1ccc(OCCF)c(Br)c1. The zero-order valence-electron chi connectivity index (χ0n) is 8.62. The number of halogens is 2. The van der Waals surface area contributed by atoms with Crippen molar-refractivity contribution >= 4 is 21.9 Å². The minimum atomic E-state index is -0.512. The van der Waals surface area contributed by atoms with Crippen LogP contribution >= 0.6 is 15.9 Å². The van der Waals surface area contributed by atoms with Crippen LogP contribution in [0.4, 0.5) is 4.39 Å².